The van der Waals surface area contributed by atoms with Crippen LogP contribution < -0.4 is 0 Å². The third-order valence-electron chi connectivity index (χ3n) is 3.55. The van der Waals surface area contributed by atoms with Crippen LogP contribution in [-0.4, -0.2) is 20.9 Å². The Balaban J connectivity index is 2.09. The minimum absolute atomic E-state index is 0.0828. The highest BCUT2D eigenvalue weighted by Crippen LogP contribution is 2.35. The lowest BCUT2D eigenvalue weighted by Crippen LogP contribution is -2.33. The minimum Gasteiger partial charge on any atom is -0.285 e. The molecular weight excluding hydrogens is 298 g/mol. The van der Waals surface area contributed by atoms with Crippen LogP contribution in [0.25, 0.3) is 0 Å². The number of hydrogen-bond donors (Lipinski definition) is 0. The van der Waals surface area contributed by atoms with Crippen molar-refractivity contribution in [2.75, 3.05) is 5.75 Å². The molecule has 1 aliphatic heterocycles. The summed E-state index contributed by atoms with van der Waals surface area (Å²) < 4.78 is 0.662. The van der Waals surface area contributed by atoms with E-state index in [1.165, 1.54) is 17.3 Å². The summed E-state index contributed by atoms with van der Waals surface area (Å²) in [6, 6.07) is 18.2. The molecule has 0 N–H and O–H groups in total. The number of benzene rings is 2. The Kier molecular flexibility index (Phi) is 4.08. The van der Waals surface area contributed by atoms with E-state index in [1.54, 1.807) is 4.90 Å². The summed E-state index contributed by atoms with van der Waals surface area (Å²) in [5, 5.41) is 0. The second-order valence-corrected chi connectivity index (χ2v) is 6.65. The molecule has 1 amide bonds. The summed E-state index contributed by atoms with van der Waals surface area (Å²) >= 11 is 6.83. The molecule has 0 saturated carbocycles. The van der Waals surface area contributed by atoms with Crippen LogP contribution in [-0.2, 0) is 4.79 Å². The molecule has 1 heterocycles. The predicted molar refractivity (Wildman–Crippen MR) is 91.4 cm³/mol. The summed E-state index contributed by atoms with van der Waals surface area (Å²) in [5.74, 6) is 0.521. The molecule has 106 valence electrons. The quantitative estimate of drug-likeness (QED) is 0.800. The number of carbonyl (C=O) groups excluding carboxylic acids is 1. The standard InChI is InChI=1S/C17H15NOS2/c1-12-7-9-14(10-8-12)16(13-5-3-2-4-6-13)18-15(19)11-21-17(18)20/h2-10,16H,11H2,1H3. The van der Waals surface area contributed by atoms with Crippen molar-refractivity contribution in [3.8, 4) is 0 Å². The molecule has 0 spiro atoms. The first-order chi connectivity index (χ1) is 10.2. The number of thiocarbonyl (C=S) groups is 1. The molecule has 2 nitrogen and oxygen atoms in total. The van der Waals surface area contributed by atoms with Crippen molar-refractivity contribution in [1.29, 1.82) is 0 Å². The molecule has 2 aromatic carbocycles. The molecule has 0 aromatic heterocycles. The van der Waals surface area contributed by atoms with E-state index < -0.39 is 0 Å². The largest absolute Gasteiger partial charge is 0.285 e. The topological polar surface area (TPSA) is 20.3 Å². The summed E-state index contributed by atoms with van der Waals surface area (Å²) in [7, 11) is 0. The Labute approximate surface area is 134 Å². The molecule has 0 bridgehead atoms. The molecule has 1 saturated heterocycles. The molecule has 1 unspecified atom stereocenters. The summed E-state index contributed by atoms with van der Waals surface area (Å²) in [6.45, 7) is 2.06. The van der Waals surface area contributed by atoms with Crippen LogP contribution >= 0.6 is 24.0 Å². The number of carbonyl (C=O) groups is 1. The molecule has 21 heavy (non-hydrogen) atoms. The van der Waals surface area contributed by atoms with Gasteiger partial charge in [0.15, 0.2) is 0 Å². The van der Waals surface area contributed by atoms with Crippen LogP contribution in [0.1, 0.15) is 22.7 Å². The highest BCUT2D eigenvalue weighted by Gasteiger charge is 2.34. The van der Waals surface area contributed by atoms with E-state index in [0.717, 1.165) is 11.1 Å². The van der Waals surface area contributed by atoms with Gasteiger partial charge in [0.2, 0.25) is 5.91 Å². The maximum absolute atomic E-state index is 12.3. The highest BCUT2D eigenvalue weighted by atomic mass is 32.2. The molecule has 1 aliphatic rings. The van der Waals surface area contributed by atoms with Crippen molar-refractivity contribution in [3.05, 3.63) is 71.3 Å². The Hall–Kier alpha value is -1.65. The molecule has 3 rings (SSSR count). The Bertz CT molecular complexity index is 651. The zero-order valence-electron chi connectivity index (χ0n) is 11.7. The lowest BCUT2D eigenvalue weighted by atomic mass is 9.96. The van der Waals surface area contributed by atoms with Crippen molar-refractivity contribution >= 4 is 34.2 Å². The molecule has 4 heteroatoms. The van der Waals surface area contributed by atoms with E-state index in [-0.39, 0.29) is 11.9 Å². The van der Waals surface area contributed by atoms with Gasteiger partial charge in [0, 0.05) is 0 Å². The molecular formula is C17H15NOS2. The number of hydrogen-bond acceptors (Lipinski definition) is 3. The van der Waals surface area contributed by atoms with E-state index in [0.29, 0.717) is 10.1 Å². The maximum atomic E-state index is 12.3. The van der Waals surface area contributed by atoms with E-state index in [1.807, 2.05) is 30.3 Å². The van der Waals surface area contributed by atoms with Gasteiger partial charge in [-0.2, -0.15) is 0 Å². The lowest BCUT2D eigenvalue weighted by molar-refractivity contribution is -0.125. The first-order valence-electron chi connectivity index (χ1n) is 6.77. The SMILES string of the molecule is Cc1ccc(C(c2ccccc2)N2C(=O)CSC2=S)cc1. The van der Waals surface area contributed by atoms with Crippen molar-refractivity contribution in [2.45, 2.75) is 13.0 Å². The van der Waals surface area contributed by atoms with Gasteiger partial charge in [-0.1, -0.05) is 84.1 Å². The summed E-state index contributed by atoms with van der Waals surface area (Å²) in [5.41, 5.74) is 3.37. The third-order valence-corrected chi connectivity index (χ3v) is 4.94. The predicted octanol–water partition coefficient (Wildman–Crippen LogP) is 3.94. The maximum Gasteiger partial charge on any atom is 0.239 e. The van der Waals surface area contributed by atoms with Crippen LogP contribution in [0, 0.1) is 6.92 Å². The average Bonchev–Trinajstić information content (AvgIpc) is 2.83. The van der Waals surface area contributed by atoms with Crippen LogP contribution in [0.5, 0.6) is 0 Å². The van der Waals surface area contributed by atoms with Gasteiger partial charge in [0.1, 0.15) is 4.32 Å². The van der Waals surface area contributed by atoms with E-state index in [9.17, 15) is 4.79 Å². The average molecular weight is 313 g/mol. The number of nitrogens with zero attached hydrogens (tertiary/aromatic N) is 1. The van der Waals surface area contributed by atoms with Gasteiger partial charge in [-0.15, -0.1) is 0 Å². The van der Waals surface area contributed by atoms with Gasteiger partial charge in [0.05, 0.1) is 11.8 Å². The fourth-order valence-corrected chi connectivity index (χ4v) is 3.60. The first-order valence-corrected chi connectivity index (χ1v) is 8.16. The van der Waals surface area contributed by atoms with Gasteiger partial charge in [-0.05, 0) is 18.1 Å². The van der Waals surface area contributed by atoms with E-state index in [2.05, 4.69) is 31.2 Å². The summed E-state index contributed by atoms with van der Waals surface area (Å²) in [4.78, 5) is 14.0. The van der Waals surface area contributed by atoms with Crippen LogP contribution in [0.3, 0.4) is 0 Å². The van der Waals surface area contributed by atoms with Gasteiger partial charge in [0.25, 0.3) is 0 Å². The molecule has 2 aromatic rings. The smallest absolute Gasteiger partial charge is 0.239 e. The van der Waals surface area contributed by atoms with Gasteiger partial charge < -0.3 is 0 Å². The summed E-state index contributed by atoms with van der Waals surface area (Å²) in [6.07, 6.45) is 0. The number of rotatable bonds is 3. The van der Waals surface area contributed by atoms with Gasteiger partial charge >= 0.3 is 0 Å². The fraction of sp³-hybridized carbons (Fsp3) is 0.176. The zero-order chi connectivity index (χ0) is 14.8. The molecule has 1 atom stereocenters. The number of thioether (sulfide) groups is 1. The Morgan fingerprint density at radius 3 is 2.24 bits per heavy atom. The molecule has 0 radical (unpaired) electrons. The fourth-order valence-electron chi connectivity index (χ4n) is 2.49. The van der Waals surface area contributed by atoms with Crippen molar-refractivity contribution in [3.63, 3.8) is 0 Å². The number of aryl methyl sites for hydroxylation is 1. The Morgan fingerprint density at radius 2 is 1.67 bits per heavy atom. The van der Waals surface area contributed by atoms with E-state index in [4.69, 9.17) is 12.2 Å². The monoisotopic (exact) mass is 313 g/mol. The van der Waals surface area contributed by atoms with Crippen molar-refractivity contribution in [2.24, 2.45) is 0 Å². The third kappa shape index (κ3) is 2.87. The highest BCUT2D eigenvalue weighted by molar-refractivity contribution is 8.23. The normalized spacial score (nSPS) is 16.3. The minimum atomic E-state index is -0.137. The van der Waals surface area contributed by atoms with E-state index >= 15 is 0 Å². The zero-order valence-corrected chi connectivity index (χ0v) is 13.3. The Morgan fingerprint density at radius 1 is 1.05 bits per heavy atom. The van der Waals surface area contributed by atoms with Crippen LogP contribution in [0.2, 0.25) is 0 Å². The van der Waals surface area contributed by atoms with Gasteiger partial charge in [-0.25, -0.2) is 0 Å². The van der Waals surface area contributed by atoms with Gasteiger partial charge in [-0.3, -0.25) is 9.69 Å². The van der Waals surface area contributed by atoms with Crippen LogP contribution in [0.4, 0.5) is 0 Å². The second kappa shape index (κ2) is 6.00. The lowest BCUT2D eigenvalue weighted by Gasteiger charge is -2.28. The molecule has 1 fully saturated rings. The molecule has 0 aliphatic carbocycles. The number of amides is 1. The van der Waals surface area contributed by atoms with Crippen molar-refractivity contribution < 1.29 is 4.79 Å². The first kappa shape index (κ1) is 14.3. The second-order valence-electron chi connectivity index (χ2n) is 5.04. The van der Waals surface area contributed by atoms with Crippen molar-refractivity contribution in [1.82, 2.24) is 4.90 Å². The van der Waals surface area contributed by atoms with Crippen LogP contribution in [0.15, 0.2) is 54.6 Å².